The van der Waals surface area contributed by atoms with Gasteiger partial charge in [0.25, 0.3) is 0 Å². The van der Waals surface area contributed by atoms with Crippen LogP contribution in [0.15, 0.2) is 24.3 Å². The number of hydrogen-bond acceptors (Lipinski definition) is 3. The summed E-state index contributed by atoms with van der Waals surface area (Å²) >= 11 is 0. The first-order valence-corrected chi connectivity index (χ1v) is 6.20. The molecule has 0 saturated heterocycles. The summed E-state index contributed by atoms with van der Waals surface area (Å²) in [6.45, 7) is 2.78. The molecule has 0 atom stereocenters. The zero-order chi connectivity index (χ0) is 13.0. The fourth-order valence-electron chi connectivity index (χ4n) is 2.19. The van der Waals surface area contributed by atoms with E-state index in [1.807, 2.05) is 31.2 Å². The molecule has 4 heteroatoms. The third-order valence-corrected chi connectivity index (χ3v) is 2.92. The molecule has 4 nitrogen and oxygen atoms in total. The Hall–Kier alpha value is -1.81. The topological polar surface area (TPSA) is 68.1 Å². The van der Waals surface area contributed by atoms with E-state index in [4.69, 9.17) is 10.5 Å². The van der Waals surface area contributed by atoms with Gasteiger partial charge in [-0.2, -0.15) is 0 Å². The second-order valence-corrected chi connectivity index (χ2v) is 4.15. The maximum Gasteiger partial charge on any atom is 0.311 e. The number of aromatic nitrogens is 1. The summed E-state index contributed by atoms with van der Waals surface area (Å²) in [5.41, 5.74) is 8.72. The minimum atomic E-state index is -0.206. The molecule has 18 heavy (non-hydrogen) atoms. The maximum absolute atomic E-state index is 11.6. The van der Waals surface area contributed by atoms with Crippen LogP contribution >= 0.6 is 0 Å². The lowest BCUT2D eigenvalue weighted by atomic mass is 10.1. The fourth-order valence-corrected chi connectivity index (χ4v) is 2.19. The minimum Gasteiger partial charge on any atom is -0.466 e. The van der Waals surface area contributed by atoms with E-state index in [1.54, 1.807) is 0 Å². The number of ether oxygens (including phenoxy) is 1. The number of aromatic amines is 1. The van der Waals surface area contributed by atoms with Crippen molar-refractivity contribution >= 4 is 16.9 Å². The molecule has 0 amide bonds. The van der Waals surface area contributed by atoms with Crippen molar-refractivity contribution in [1.29, 1.82) is 0 Å². The predicted molar refractivity (Wildman–Crippen MR) is 71.4 cm³/mol. The predicted octanol–water partition coefficient (Wildman–Crippen LogP) is 1.77. The van der Waals surface area contributed by atoms with Crippen LogP contribution in [0.4, 0.5) is 0 Å². The Labute approximate surface area is 106 Å². The number of para-hydroxylation sites is 1. The number of esters is 1. The van der Waals surface area contributed by atoms with Crippen LogP contribution in [0.5, 0.6) is 0 Å². The van der Waals surface area contributed by atoms with Crippen molar-refractivity contribution in [3.63, 3.8) is 0 Å². The average molecular weight is 246 g/mol. The quantitative estimate of drug-likeness (QED) is 0.790. The van der Waals surface area contributed by atoms with Gasteiger partial charge in [-0.25, -0.2) is 0 Å². The standard InChI is InChI=1S/C14H18N2O2/c1-2-18-14(17)9-13-11(7-8-15)10-5-3-4-6-12(10)16-13/h3-6,16H,2,7-9,15H2,1H3. The molecule has 0 aliphatic carbocycles. The molecule has 1 heterocycles. The molecule has 2 rings (SSSR count). The first-order valence-electron chi connectivity index (χ1n) is 6.20. The Bertz CT molecular complexity index is 546. The van der Waals surface area contributed by atoms with Gasteiger partial charge in [0.2, 0.25) is 0 Å². The van der Waals surface area contributed by atoms with Gasteiger partial charge in [0.05, 0.1) is 13.0 Å². The number of carbonyl (C=O) groups excluding carboxylic acids is 1. The van der Waals surface area contributed by atoms with Crippen molar-refractivity contribution in [3.8, 4) is 0 Å². The van der Waals surface area contributed by atoms with Gasteiger partial charge >= 0.3 is 5.97 Å². The van der Waals surface area contributed by atoms with Gasteiger partial charge < -0.3 is 15.5 Å². The highest BCUT2D eigenvalue weighted by atomic mass is 16.5. The molecule has 0 aliphatic rings. The highest BCUT2D eigenvalue weighted by molar-refractivity contribution is 5.86. The molecular weight excluding hydrogens is 228 g/mol. The van der Waals surface area contributed by atoms with Gasteiger partial charge in [-0.3, -0.25) is 4.79 Å². The molecule has 1 aromatic heterocycles. The lowest BCUT2D eigenvalue weighted by Crippen LogP contribution is -2.11. The number of hydrogen-bond donors (Lipinski definition) is 2. The van der Waals surface area contributed by atoms with E-state index in [9.17, 15) is 4.79 Å². The first kappa shape index (κ1) is 12.6. The van der Waals surface area contributed by atoms with E-state index in [0.717, 1.165) is 28.6 Å². The van der Waals surface area contributed by atoms with E-state index >= 15 is 0 Å². The SMILES string of the molecule is CCOC(=O)Cc1[nH]c2ccccc2c1CCN. The molecule has 3 N–H and O–H groups in total. The average Bonchev–Trinajstić information content (AvgIpc) is 2.68. The lowest BCUT2D eigenvalue weighted by Gasteiger charge is -2.03. The molecule has 0 aliphatic heterocycles. The normalized spacial score (nSPS) is 10.8. The van der Waals surface area contributed by atoms with Crippen LogP contribution in [0.2, 0.25) is 0 Å². The maximum atomic E-state index is 11.6. The van der Waals surface area contributed by atoms with Crippen LogP contribution in [-0.4, -0.2) is 24.1 Å². The van der Waals surface area contributed by atoms with E-state index in [0.29, 0.717) is 13.2 Å². The molecule has 0 radical (unpaired) electrons. The zero-order valence-electron chi connectivity index (χ0n) is 10.5. The van der Waals surface area contributed by atoms with Crippen molar-refractivity contribution in [1.82, 2.24) is 4.98 Å². The van der Waals surface area contributed by atoms with E-state index in [-0.39, 0.29) is 12.4 Å². The Kier molecular flexibility index (Phi) is 3.99. The Morgan fingerprint density at radius 1 is 1.39 bits per heavy atom. The van der Waals surface area contributed by atoms with Crippen LogP contribution in [0.3, 0.4) is 0 Å². The molecule has 1 aromatic carbocycles. The van der Waals surface area contributed by atoms with Crippen molar-refractivity contribution in [2.45, 2.75) is 19.8 Å². The molecule has 0 spiro atoms. The summed E-state index contributed by atoms with van der Waals surface area (Å²) in [5.74, 6) is -0.206. The molecule has 0 unspecified atom stereocenters. The van der Waals surface area contributed by atoms with Crippen molar-refractivity contribution in [2.24, 2.45) is 5.73 Å². The van der Waals surface area contributed by atoms with Crippen LogP contribution in [0.25, 0.3) is 10.9 Å². The fraction of sp³-hybridized carbons (Fsp3) is 0.357. The van der Waals surface area contributed by atoms with E-state index in [2.05, 4.69) is 4.98 Å². The number of carbonyl (C=O) groups is 1. The molecule has 96 valence electrons. The van der Waals surface area contributed by atoms with Crippen LogP contribution in [0, 0.1) is 0 Å². The van der Waals surface area contributed by atoms with Gasteiger partial charge in [0, 0.05) is 16.6 Å². The van der Waals surface area contributed by atoms with Gasteiger partial charge in [-0.05, 0) is 31.5 Å². The van der Waals surface area contributed by atoms with Crippen molar-refractivity contribution < 1.29 is 9.53 Å². The first-order chi connectivity index (χ1) is 8.76. The largest absolute Gasteiger partial charge is 0.466 e. The summed E-state index contributed by atoms with van der Waals surface area (Å²) < 4.78 is 4.98. The number of rotatable bonds is 5. The third-order valence-electron chi connectivity index (χ3n) is 2.92. The lowest BCUT2D eigenvalue weighted by molar-refractivity contribution is -0.142. The minimum absolute atomic E-state index is 0.206. The highest BCUT2D eigenvalue weighted by Crippen LogP contribution is 2.23. The van der Waals surface area contributed by atoms with Crippen molar-refractivity contribution in [3.05, 3.63) is 35.5 Å². The Balaban J connectivity index is 2.36. The molecule has 0 bridgehead atoms. The summed E-state index contributed by atoms with van der Waals surface area (Å²) in [6, 6.07) is 8.01. The number of benzene rings is 1. The molecule has 0 saturated carbocycles. The van der Waals surface area contributed by atoms with Crippen LogP contribution in [0.1, 0.15) is 18.2 Å². The van der Waals surface area contributed by atoms with Crippen molar-refractivity contribution in [2.75, 3.05) is 13.2 Å². The summed E-state index contributed by atoms with van der Waals surface area (Å²) in [6.07, 6.45) is 1.04. The second kappa shape index (κ2) is 5.69. The summed E-state index contributed by atoms with van der Waals surface area (Å²) in [7, 11) is 0. The number of nitrogens with one attached hydrogen (secondary N) is 1. The number of H-pyrrole nitrogens is 1. The zero-order valence-corrected chi connectivity index (χ0v) is 10.5. The molecule has 0 fully saturated rings. The summed E-state index contributed by atoms with van der Waals surface area (Å²) in [5, 5.41) is 1.14. The van der Waals surface area contributed by atoms with E-state index < -0.39 is 0 Å². The summed E-state index contributed by atoms with van der Waals surface area (Å²) in [4.78, 5) is 14.9. The number of fused-ring (bicyclic) bond motifs is 1. The second-order valence-electron chi connectivity index (χ2n) is 4.15. The third kappa shape index (κ3) is 2.54. The Morgan fingerprint density at radius 2 is 2.17 bits per heavy atom. The molecule has 2 aromatic rings. The van der Waals surface area contributed by atoms with Gasteiger partial charge in [0.15, 0.2) is 0 Å². The van der Waals surface area contributed by atoms with Crippen LogP contribution < -0.4 is 5.73 Å². The smallest absolute Gasteiger partial charge is 0.311 e. The highest BCUT2D eigenvalue weighted by Gasteiger charge is 2.14. The van der Waals surface area contributed by atoms with E-state index in [1.165, 1.54) is 0 Å². The van der Waals surface area contributed by atoms with Gasteiger partial charge in [-0.15, -0.1) is 0 Å². The molecular formula is C14H18N2O2. The van der Waals surface area contributed by atoms with Crippen LogP contribution in [-0.2, 0) is 22.4 Å². The van der Waals surface area contributed by atoms with Gasteiger partial charge in [-0.1, -0.05) is 18.2 Å². The number of nitrogens with two attached hydrogens (primary N) is 1. The Morgan fingerprint density at radius 3 is 2.89 bits per heavy atom. The monoisotopic (exact) mass is 246 g/mol. The van der Waals surface area contributed by atoms with Gasteiger partial charge in [0.1, 0.15) is 0 Å².